The van der Waals surface area contributed by atoms with Crippen LogP contribution in [0.2, 0.25) is 0 Å². The monoisotopic (exact) mass is 360 g/mol. The molecule has 1 heterocycles. The second kappa shape index (κ2) is 9.95. The highest BCUT2D eigenvalue weighted by Crippen LogP contribution is 2.20. The van der Waals surface area contributed by atoms with Crippen LogP contribution in [-0.2, 0) is 6.54 Å². The lowest BCUT2D eigenvalue weighted by Crippen LogP contribution is -2.44. The Morgan fingerprint density at radius 2 is 1.84 bits per heavy atom. The number of nitrogens with one attached hydrogen (secondary N) is 2. The Balaban J connectivity index is 1.55. The number of nitrogens with zero attached hydrogens (tertiary/aromatic N) is 2. The number of hydrogen-bond donors (Lipinski definition) is 2. The van der Waals surface area contributed by atoms with Crippen molar-refractivity contribution >= 4 is 23.4 Å². The third kappa shape index (κ3) is 5.84. The average Bonchev–Trinajstić information content (AvgIpc) is 2.68. The van der Waals surface area contributed by atoms with Gasteiger partial charge in [-0.15, -0.1) is 0 Å². The van der Waals surface area contributed by atoms with Crippen molar-refractivity contribution in [3.63, 3.8) is 0 Å². The lowest BCUT2D eigenvalue weighted by Gasteiger charge is -2.28. The highest BCUT2D eigenvalue weighted by Gasteiger charge is 2.14. The smallest absolute Gasteiger partial charge is 0.191 e. The maximum atomic E-state index is 4.80. The van der Waals surface area contributed by atoms with Crippen molar-refractivity contribution in [2.24, 2.45) is 4.99 Å². The Kier molecular flexibility index (Phi) is 7.34. The molecule has 4 nitrogen and oxygen atoms in total. The van der Waals surface area contributed by atoms with E-state index in [1.807, 2.05) is 0 Å². The predicted molar refractivity (Wildman–Crippen MR) is 111 cm³/mol. The van der Waals surface area contributed by atoms with E-state index in [9.17, 15) is 0 Å². The normalized spacial score (nSPS) is 19.7. The molecule has 0 aromatic heterocycles. The van der Waals surface area contributed by atoms with E-state index in [0.717, 1.165) is 32.1 Å². The minimum absolute atomic E-state index is 0.589. The van der Waals surface area contributed by atoms with Crippen LogP contribution >= 0.6 is 11.8 Å². The molecule has 5 heteroatoms. The third-order valence-electron chi connectivity index (χ3n) is 5.02. The second-order valence-corrected chi connectivity index (χ2v) is 8.17. The fourth-order valence-corrected chi connectivity index (χ4v) is 4.47. The Morgan fingerprint density at radius 3 is 2.52 bits per heavy atom. The van der Waals surface area contributed by atoms with E-state index in [-0.39, 0.29) is 0 Å². The fraction of sp³-hybridized carbons (Fsp3) is 0.650. The topological polar surface area (TPSA) is 39.7 Å². The number of hydrogen-bond acceptors (Lipinski definition) is 3. The van der Waals surface area contributed by atoms with Crippen molar-refractivity contribution in [1.29, 1.82) is 0 Å². The van der Waals surface area contributed by atoms with E-state index >= 15 is 0 Å². The molecular formula is C20H32N4S. The van der Waals surface area contributed by atoms with Gasteiger partial charge in [0.1, 0.15) is 0 Å². The summed E-state index contributed by atoms with van der Waals surface area (Å²) in [5, 5.41) is 7.01. The molecule has 0 amide bonds. The highest BCUT2D eigenvalue weighted by atomic mass is 32.2. The Bertz CT molecular complexity index is 531. The summed E-state index contributed by atoms with van der Waals surface area (Å²) in [4.78, 5) is 7.28. The van der Waals surface area contributed by atoms with Gasteiger partial charge in [-0.25, -0.2) is 4.99 Å². The van der Waals surface area contributed by atoms with Crippen LogP contribution in [0.3, 0.4) is 0 Å². The summed E-state index contributed by atoms with van der Waals surface area (Å²) < 4.78 is 0. The molecule has 0 unspecified atom stereocenters. The van der Waals surface area contributed by atoms with Crippen LogP contribution in [0.1, 0.15) is 44.6 Å². The van der Waals surface area contributed by atoms with Gasteiger partial charge in [0, 0.05) is 42.9 Å². The number of guanidine groups is 1. The largest absolute Gasteiger partial charge is 0.370 e. The lowest BCUT2D eigenvalue weighted by atomic mass is 9.96. The molecule has 2 N–H and O–H groups in total. The third-order valence-corrected chi connectivity index (χ3v) is 5.97. The Morgan fingerprint density at radius 1 is 1.12 bits per heavy atom. The molecular weight excluding hydrogens is 328 g/mol. The molecule has 1 aromatic carbocycles. The molecule has 1 aliphatic heterocycles. The first-order valence-corrected chi connectivity index (χ1v) is 11.0. The van der Waals surface area contributed by atoms with Crippen LogP contribution in [0.25, 0.3) is 0 Å². The number of anilines is 1. The van der Waals surface area contributed by atoms with Crippen LogP contribution in [0.4, 0.5) is 5.69 Å². The summed E-state index contributed by atoms with van der Waals surface area (Å²) in [5.41, 5.74) is 2.62. The molecule has 1 aromatic rings. The van der Waals surface area contributed by atoms with E-state index in [0.29, 0.717) is 6.04 Å². The van der Waals surface area contributed by atoms with Gasteiger partial charge in [0.2, 0.25) is 0 Å². The van der Waals surface area contributed by atoms with E-state index < -0.39 is 0 Å². The van der Waals surface area contributed by atoms with E-state index in [2.05, 4.69) is 58.5 Å². The van der Waals surface area contributed by atoms with Crippen molar-refractivity contribution in [3.8, 4) is 0 Å². The summed E-state index contributed by atoms with van der Waals surface area (Å²) in [6.07, 6.45) is 6.61. The zero-order valence-corrected chi connectivity index (χ0v) is 16.3. The average molecular weight is 361 g/mol. The molecule has 138 valence electrons. The van der Waals surface area contributed by atoms with E-state index in [1.54, 1.807) is 0 Å². The van der Waals surface area contributed by atoms with Crippen molar-refractivity contribution in [2.75, 3.05) is 36.0 Å². The zero-order valence-electron chi connectivity index (χ0n) is 15.5. The summed E-state index contributed by atoms with van der Waals surface area (Å²) in [5.74, 6) is 3.45. The van der Waals surface area contributed by atoms with Gasteiger partial charge in [0.25, 0.3) is 0 Å². The van der Waals surface area contributed by atoms with Crippen molar-refractivity contribution < 1.29 is 0 Å². The van der Waals surface area contributed by atoms with E-state index in [1.165, 1.54) is 54.9 Å². The predicted octanol–water partition coefficient (Wildman–Crippen LogP) is 3.63. The van der Waals surface area contributed by atoms with Gasteiger partial charge in [-0.3, -0.25) is 0 Å². The van der Waals surface area contributed by atoms with Crippen LogP contribution < -0.4 is 15.5 Å². The molecule has 1 saturated carbocycles. The first kappa shape index (κ1) is 18.4. The van der Waals surface area contributed by atoms with Gasteiger partial charge in [-0.1, -0.05) is 31.4 Å². The van der Waals surface area contributed by atoms with Gasteiger partial charge >= 0.3 is 0 Å². The number of thioether (sulfide) groups is 1. The van der Waals surface area contributed by atoms with Gasteiger partial charge in [0.05, 0.1) is 6.54 Å². The molecule has 0 atom stereocenters. The molecule has 3 rings (SSSR count). The van der Waals surface area contributed by atoms with Crippen molar-refractivity contribution in [2.45, 2.75) is 51.6 Å². The first-order valence-electron chi connectivity index (χ1n) is 9.81. The highest BCUT2D eigenvalue weighted by molar-refractivity contribution is 7.99. The number of aliphatic imine (C=N–C) groups is 1. The van der Waals surface area contributed by atoms with Crippen molar-refractivity contribution in [3.05, 3.63) is 29.8 Å². The maximum Gasteiger partial charge on any atom is 0.191 e. The summed E-state index contributed by atoms with van der Waals surface area (Å²) in [7, 11) is 0. The van der Waals surface area contributed by atoms with Gasteiger partial charge in [0.15, 0.2) is 5.96 Å². The van der Waals surface area contributed by atoms with Crippen LogP contribution in [-0.4, -0.2) is 43.1 Å². The van der Waals surface area contributed by atoms with Crippen LogP contribution in [0.5, 0.6) is 0 Å². The first-order chi connectivity index (χ1) is 12.3. The van der Waals surface area contributed by atoms with Gasteiger partial charge in [-0.2, -0.15) is 11.8 Å². The quantitative estimate of drug-likeness (QED) is 0.621. The molecule has 2 fully saturated rings. The summed E-state index contributed by atoms with van der Waals surface area (Å²) in [6.45, 7) is 6.10. The minimum atomic E-state index is 0.589. The lowest BCUT2D eigenvalue weighted by molar-refractivity contribution is 0.410. The molecule has 2 aliphatic rings. The maximum absolute atomic E-state index is 4.80. The number of benzene rings is 1. The number of rotatable bonds is 5. The minimum Gasteiger partial charge on any atom is -0.370 e. The fourth-order valence-electron chi connectivity index (χ4n) is 3.56. The Hall–Kier alpha value is -1.36. The molecule has 0 spiro atoms. The Labute approximate surface area is 156 Å². The second-order valence-electron chi connectivity index (χ2n) is 6.94. The zero-order chi connectivity index (χ0) is 17.3. The molecule has 1 aliphatic carbocycles. The summed E-state index contributed by atoms with van der Waals surface area (Å²) >= 11 is 2.05. The molecule has 0 radical (unpaired) electrons. The summed E-state index contributed by atoms with van der Waals surface area (Å²) in [6, 6.07) is 9.55. The molecule has 0 bridgehead atoms. The van der Waals surface area contributed by atoms with Crippen molar-refractivity contribution in [1.82, 2.24) is 10.6 Å². The van der Waals surface area contributed by atoms with Gasteiger partial charge in [-0.05, 0) is 37.5 Å². The molecule has 25 heavy (non-hydrogen) atoms. The SMILES string of the molecule is CCNC(=NCc1ccc(N2CCSCC2)cc1)NC1CCCCC1. The van der Waals surface area contributed by atoms with Crippen LogP contribution in [0, 0.1) is 0 Å². The standard InChI is InChI=1S/C20H32N4S/c1-2-21-20(23-18-6-4-3-5-7-18)22-16-17-8-10-19(11-9-17)24-12-14-25-15-13-24/h8-11,18H,2-7,12-16H2,1H3,(H2,21,22,23). The van der Waals surface area contributed by atoms with Crippen LogP contribution in [0.15, 0.2) is 29.3 Å². The molecule has 1 saturated heterocycles. The van der Waals surface area contributed by atoms with E-state index in [4.69, 9.17) is 4.99 Å². The van der Waals surface area contributed by atoms with Gasteiger partial charge < -0.3 is 15.5 Å².